The van der Waals surface area contributed by atoms with Gasteiger partial charge in [0, 0.05) is 6.92 Å². The molecule has 0 heterocycles. The topological polar surface area (TPSA) is 26.3 Å². The van der Waals surface area contributed by atoms with Gasteiger partial charge in [-0.3, -0.25) is 4.79 Å². The van der Waals surface area contributed by atoms with Gasteiger partial charge in [-0.25, -0.2) is 0 Å². The summed E-state index contributed by atoms with van der Waals surface area (Å²) in [4.78, 5) is 10.6. The first kappa shape index (κ1) is 11.2. The number of rotatable bonds is 5. The van der Waals surface area contributed by atoms with Crippen LogP contribution in [-0.2, 0) is 9.53 Å². The lowest BCUT2D eigenvalue weighted by Gasteiger charge is -2.09. The SMILES string of the molecule is CCC/C=C/C(CC)OC(C)=O. The van der Waals surface area contributed by atoms with Crippen LogP contribution in [0.2, 0.25) is 0 Å². The van der Waals surface area contributed by atoms with E-state index < -0.39 is 0 Å². The van der Waals surface area contributed by atoms with Crippen LogP contribution in [0.3, 0.4) is 0 Å². The van der Waals surface area contributed by atoms with Crippen LogP contribution < -0.4 is 0 Å². The van der Waals surface area contributed by atoms with E-state index in [1.165, 1.54) is 6.92 Å². The largest absolute Gasteiger partial charge is 0.458 e. The van der Waals surface area contributed by atoms with Crippen molar-refractivity contribution < 1.29 is 9.53 Å². The van der Waals surface area contributed by atoms with E-state index in [9.17, 15) is 4.79 Å². The smallest absolute Gasteiger partial charge is 0.303 e. The summed E-state index contributed by atoms with van der Waals surface area (Å²) in [5.41, 5.74) is 0. The zero-order chi connectivity index (χ0) is 9.40. The Kier molecular flexibility index (Phi) is 6.44. The van der Waals surface area contributed by atoms with E-state index in [-0.39, 0.29) is 12.1 Å². The first-order chi connectivity index (χ1) is 5.70. The molecule has 0 aromatic carbocycles. The quantitative estimate of drug-likeness (QED) is 0.468. The molecule has 0 aliphatic heterocycles. The van der Waals surface area contributed by atoms with Crippen molar-refractivity contribution in [3.8, 4) is 0 Å². The van der Waals surface area contributed by atoms with Crippen LogP contribution in [-0.4, -0.2) is 12.1 Å². The van der Waals surface area contributed by atoms with Gasteiger partial charge in [0.25, 0.3) is 0 Å². The average Bonchev–Trinajstić information content (AvgIpc) is 2.02. The summed E-state index contributed by atoms with van der Waals surface area (Å²) in [6, 6.07) is 0. The molecule has 0 spiro atoms. The number of carbonyl (C=O) groups excluding carboxylic acids is 1. The van der Waals surface area contributed by atoms with Gasteiger partial charge in [-0.1, -0.05) is 26.3 Å². The normalized spacial score (nSPS) is 13.2. The molecule has 0 radical (unpaired) electrons. The van der Waals surface area contributed by atoms with E-state index in [2.05, 4.69) is 13.0 Å². The molecule has 2 heteroatoms. The van der Waals surface area contributed by atoms with Crippen LogP contribution in [0.1, 0.15) is 40.0 Å². The Morgan fingerprint density at radius 1 is 1.50 bits per heavy atom. The van der Waals surface area contributed by atoms with Gasteiger partial charge in [0.15, 0.2) is 0 Å². The van der Waals surface area contributed by atoms with Gasteiger partial charge in [-0.2, -0.15) is 0 Å². The summed E-state index contributed by atoms with van der Waals surface area (Å²) in [5, 5.41) is 0. The average molecular weight is 170 g/mol. The van der Waals surface area contributed by atoms with Crippen molar-refractivity contribution >= 4 is 5.97 Å². The van der Waals surface area contributed by atoms with Crippen LogP contribution >= 0.6 is 0 Å². The molecule has 0 amide bonds. The predicted octanol–water partition coefficient (Wildman–Crippen LogP) is 2.68. The van der Waals surface area contributed by atoms with E-state index in [0.717, 1.165) is 19.3 Å². The highest BCUT2D eigenvalue weighted by Gasteiger charge is 2.03. The second kappa shape index (κ2) is 6.89. The lowest BCUT2D eigenvalue weighted by Crippen LogP contribution is -2.11. The van der Waals surface area contributed by atoms with Gasteiger partial charge < -0.3 is 4.74 Å². The van der Waals surface area contributed by atoms with E-state index >= 15 is 0 Å². The first-order valence-corrected chi connectivity index (χ1v) is 4.54. The van der Waals surface area contributed by atoms with Crippen molar-refractivity contribution in [1.82, 2.24) is 0 Å². The molecule has 1 atom stereocenters. The Bertz CT molecular complexity index is 150. The second-order valence-electron chi connectivity index (χ2n) is 2.77. The number of esters is 1. The summed E-state index contributed by atoms with van der Waals surface area (Å²) < 4.78 is 5.02. The molecule has 2 nitrogen and oxygen atoms in total. The van der Waals surface area contributed by atoms with Gasteiger partial charge >= 0.3 is 5.97 Å². The lowest BCUT2D eigenvalue weighted by molar-refractivity contribution is -0.144. The summed E-state index contributed by atoms with van der Waals surface area (Å²) in [6.07, 6.45) is 7.03. The van der Waals surface area contributed by atoms with Crippen LogP contribution in [0, 0.1) is 0 Å². The molecule has 1 unspecified atom stereocenters. The van der Waals surface area contributed by atoms with Crippen LogP contribution in [0.5, 0.6) is 0 Å². The standard InChI is InChI=1S/C10H18O2/c1-4-6-7-8-10(5-2)12-9(3)11/h7-8,10H,4-6H2,1-3H3/b8-7+. The summed E-state index contributed by atoms with van der Waals surface area (Å²) in [6.45, 7) is 5.57. The highest BCUT2D eigenvalue weighted by molar-refractivity contribution is 5.66. The molecule has 0 saturated carbocycles. The van der Waals surface area contributed by atoms with Crippen molar-refractivity contribution in [2.24, 2.45) is 0 Å². The van der Waals surface area contributed by atoms with Crippen LogP contribution in [0.4, 0.5) is 0 Å². The third-order valence-electron chi connectivity index (χ3n) is 1.53. The van der Waals surface area contributed by atoms with Crippen molar-refractivity contribution in [2.45, 2.75) is 46.1 Å². The minimum absolute atomic E-state index is 0.0333. The van der Waals surface area contributed by atoms with Crippen molar-refractivity contribution in [3.63, 3.8) is 0 Å². The third kappa shape index (κ3) is 5.96. The zero-order valence-electron chi connectivity index (χ0n) is 8.17. The Hall–Kier alpha value is -0.790. The monoisotopic (exact) mass is 170 g/mol. The molecule has 0 aromatic heterocycles. The fourth-order valence-electron chi connectivity index (χ4n) is 0.887. The maximum atomic E-state index is 10.6. The Morgan fingerprint density at radius 3 is 2.58 bits per heavy atom. The number of ether oxygens (including phenoxy) is 1. The number of carbonyl (C=O) groups is 1. The van der Waals surface area contributed by atoms with E-state index in [1.54, 1.807) is 0 Å². The van der Waals surface area contributed by atoms with Gasteiger partial charge in [-0.05, 0) is 18.9 Å². The maximum Gasteiger partial charge on any atom is 0.303 e. The summed E-state index contributed by atoms with van der Waals surface area (Å²) >= 11 is 0. The minimum Gasteiger partial charge on any atom is -0.458 e. The lowest BCUT2D eigenvalue weighted by atomic mass is 10.2. The molecule has 0 bridgehead atoms. The van der Waals surface area contributed by atoms with Gasteiger partial charge in [0.1, 0.15) is 6.10 Å². The molecular weight excluding hydrogens is 152 g/mol. The van der Waals surface area contributed by atoms with E-state index in [1.807, 2.05) is 13.0 Å². The fourth-order valence-corrected chi connectivity index (χ4v) is 0.887. The Balaban J connectivity index is 3.73. The number of hydrogen-bond acceptors (Lipinski definition) is 2. The molecule has 70 valence electrons. The first-order valence-electron chi connectivity index (χ1n) is 4.54. The highest BCUT2D eigenvalue weighted by atomic mass is 16.5. The van der Waals surface area contributed by atoms with Crippen molar-refractivity contribution in [2.75, 3.05) is 0 Å². The molecule has 0 aliphatic rings. The molecule has 0 aliphatic carbocycles. The van der Waals surface area contributed by atoms with Crippen molar-refractivity contribution in [3.05, 3.63) is 12.2 Å². The van der Waals surface area contributed by atoms with Crippen LogP contribution in [0.15, 0.2) is 12.2 Å². The molecule has 0 aromatic rings. The maximum absolute atomic E-state index is 10.6. The Labute approximate surface area is 74.6 Å². The highest BCUT2D eigenvalue weighted by Crippen LogP contribution is 2.01. The van der Waals surface area contributed by atoms with Gasteiger partial charge in [0.2, 0.25) is 0 Å². The molecular formula is C10H18O2. The molecule has 0 fully saturated rings. The minimum atomic E-state index is -0.206. The van der Waals surface area contributed by atoms with E-state index in [4.69, 9.17) is 4.74 Å². The van der Waals surface area contributed by atoms with E-state index in [0.29, 0.717) is 0 Å². The fraction of sp³-hybridized carbons (Fsp3) is 0.700. The van der Waals surface area contributed by atoms with Crippen molar-refractivity contribution in [1.29, 1.82) is 0 Å². The second-order valence-corrected chi connectivity index (χ2v) is 2.77. The third-order valence-corrected chi connectivity index (χ3v) is 1.53. The molecule has 12 heavy (non-hydrogen) atoms. The summed E-state index contributed by atoms with van der Waals surface area (Å²) in [5.74, 6) is -0.206. The number of hydrogen-bond donors (Lipinski definition) is 0. The predicted molar refractivity (Wildman–Crippen MR) is 49.9 cm³/mol. The van der Waals surface area contributed by atoms with Gasteiger partial charge in [0.05, 0.1) is 0 Å². The number of unbranched alkanes of at least 4 members (excludes halogenated alkanes) is 1. The molecule has 0 N–H and O–H groups in total. The molecule has 0 rings (SSSR count). The summed E-state index contributed by atoms with van der Waals surface area (Å²) in [7, 11) is 0. The van der Waals surface area contributed by atoms with Crippen LogP contribution in [0.25, 0.3) is 0 Å². The number of allylic oxidation sites excluding steroid dienone is 1. The zero-order valence-corrected chi connectivity index (χ0v) is 8.17. The molecule has 0 saturated heterocycles. The van der Waals surface area contributed by atoms with Gasteiger partial charge in [-0.15, -0.1) is 0 Å². The Morgan fingerprint density at radius 2 is 2.17 bits per heavy atom.